The zero-order chi connectivity index (χ0) is 24.2. The van der Waals surface area contributed by atoms with Crippen LogP contribution in [0.1, 0.15) is 25.3 Å². The molecule has 0 spiro atoms. The monoisotopic (exact) mass is 490 g/mol. The maximum atomic E-state index is 12.9. The van der Waals surface area contributed by atoms with Crippen LogP contribution >= 0.6 is 11.3 Å². The molecule has 1 aromatic heterocycles. The molecule has 0 bridgehead atoms. The highest BCUT2D eigenvalue weighted by molar-refractivity contribution is 7.92. The Hall–Kier alpha value is -3.11. The van der Waals surface area contributed by atoms with Crippen LogP contribution in [0.5, 0.6) is 11.5 Å². The van der Waals surface area contributed by atoms with Gasteiger partial charge in [-0.2, -0.15) is 0 Å². The molecule has 176 valence electrons. The molecule has 0 saturated carbocycles. The Morgan fingerprint density at radius 2 is 1.82 bits per heavy atom. The van der Waals surface area contributed by atoms with Crippen LogP contribution in [0.25, 0.3) is 10.4 Å². The Bertz CT molecular complexity index is 1230. The van der Waals surface area contributed by atoms with Gasteiger partial charge < -0.3 is 14.6 Å². The summed E-state index contributed by atoms with van der Waals surface area (Å²) in [5.74, 6) is -0.158. The minimum atomic E-state index is -3.87. The van der Waals surface area contributed by atoms with E-state index in [2.05, 4.69) is 9.71 Å². The highest BCUT2D eigenvalue weighted by Crippen LogP contribution is 2.33. The number of thiazole rings is 1. The first-order chi connectivity index (χ1) is 15.5. The van der Waals surface area contributed by atoms with E-state index in [0.29, 0.717) is 17.9 Å². The van der Waals surface area contributed by atoms with Gasteiger partial charge in [-0.25, -0.2) is 13.4 Å². The van der Waals surface area contributed by atoms with Crippen molar-refractivity contribution >= 4 is 33.0 Å². The third-order valence-corrected chi connectivity index (χ3v) is 7.36. The highest BCUT2D eigenvalue weighted by atomic mass is 32.2. The van der Waals surface area contributed by atoms with Crippen molar-refractivity contribution in [3.8, 4) is 21.9 Å². The van der Waals surface area contributed by atoms with Crippen LogP contribution in [0.3, 0.4) is 0 Å². The number of hydrogen-bond donors (Lipinski definition) is 2. The number of anilines is 1. The number of rotatable bonds is 10. The van der Waals surface area contributed by atoms with Crippen LogP contribution < -0.4 is 14.2 Å². The van der Waals surface area contributed by atoms with Crippen molar-refractivity contribution in [3.05, 3.63) is 53.7 Å². The van der Waals surface area contributed by atoms with Crippen LogP contribution in [-0.2, 0) is 21.2 Å². The van der Waals surface area contributed by atoms with Crippen molar-refractivity contribution in [2.45, 2.75) is 31.6 Å². The fraction of sp³-hybridized carbons (Fsp3) is 0.304. The molecule has 0 aliphatic carbocycles. The predicted octanol–water partition coefficient (Wildman–Crippen LogP) is 4.67. The summed E-state index contributed by atoms with van der Waals surface area (Å²) in [6, 6.07) is 11.5. The first-order valence-electron chi connectivity index (χ1n) is 10.0. The van der Waals surface area contributed by atoms with Crippen molar-refractivity contribution in [2.24, 2.45) is 5.41 Å². The van der Waals surface area contributed by atoms with Gasteiger partial charge in [0.15, 0.2) is 0 Å². The van der Waals surface area contributed by atoms with E-state index < -0.39 is 21.4 Å². The fourth-order valence-electron chi connectivity index (χ4n) is 3.32. The minimum Gasteiger partial charge on any atom is -0.497 e. The summed E-state index contributed by atoms with van der Waals surface area (Å²) < 4.78 is 38.6. The fourth-order valence-corrected chi connectivity index (χ4v) is 5.71. The quantitative estimate of drug-likeness (QED) is 0.424. The van der Waals surface area contributed by atoms with E-state index >= 15 is 0 Å². The molecular formula is C23H26N2O6S2. The lowest BCUT2D eigenvalue weighted by Gasteiger charge is -2.20. The molecule has 8 nitrogen and oxygen atoms in total. The summed E-state index contributed by atoms with van der Waals surface area (Å²) in [6.07, 6.45) is 2.37. The van der Waals surface area contributed by atoms with Crippen molar-refractivity contribution in [3.63, 3.8) is 0 Å². The molecule has 3 aromatic rings. The van der Waals surface area contributed by atoms with Crippen LogP contribution in [0.4, 0.5) is 5.69 Å². The van der Waals surface area contributed by atoms with Gasteiger partial charge in [0, 0.05) is 24.4 Å². The third-order valence-electron chi connectivity index (χ3n) is 4.90. The Morgan fingerprint density at radius 1 is 1.12 bits per heavy atom. The number of nitrogens with one attached hydrogen (secondary N) is 1. The molecule has 0 radical (unpaired) electrons. The summed E-state index contributed by atoms with van der Waals surface area (Å²) in [6.45, 7) is 3.81. The third kappa shape index (κ3) is 6.23. The van der Waals surface area contributed by atoms with Gasteiger partial charge in [0.1, 0.15) is 16.4 Å². The van der Waals surface area contributed by atoms with Gasteiger partial charge in [0.2, 0.25) is 0 Å². The van der Waals surface area contributed by atoms with Crippen molar-refractivity contribution in [1.82, 2.24) is 4.98 Å². The maximum Gasteiger partial charge on any atom is 0.303 e. The van der Waals surface area contributed by atoms with Gasteiger partial charge in [-0.15, -0.1) is 11.3 Å². The van der Waals surface area contributed by atoms with Crippen LogP contribution in [-0.4, -0.2) is 38.7 Å². The van der Waals surface area contributed by atoms with Gasteiger partial charge in [0.05, 0.1) is 30.5 Å². The molecule has 0 atom stereocenters. The zero-order valence-electron chi connectivity index (χ0n) is 18.8. The van der Waals surface area contributed by atoms with E-state index in [1.165, 1.54) is 37.7 Å². The van der Waals surface area contributed by atoms with Crippen molar-refractivity contribution in [1.29, 1.82) is 0 Å². The summed E-state index contributed by atoms with van der Waals surface area (Å²) in [5, 5.41) is 9.92. The Kier molecular flexibility index (Phi) is 7.28. The number of methoxy groups -OCH3 is 2. The summed E-state index contributed by atoms with van der Waals surface area (Å²) >= 11 is 1.49. The Balaban J connectivity index is 1.75. The first-order valence-corrected chi connectivity index (χ1v) is 12.3. The molecule has 0 unspecified atom stereocenters. The lowest BCUT2D eigenvalue weighted by Crippen LogP contribution is -2.19. The lowest BCUT2D eigenvalue weighted by molar-refractivity contribution is -0.139. The summed E-state index contributed by atoms with van der Waals surface area (Å²) in [7, 11) is -0.984. The van der Waals surface area contributed by atoms with Crippen LogP contribution in [0.15, 0.2) is 53.6 Å². The van der Waals surface area contributed by atoms with E-state index in [4.69, 9.17) is 14.6 Å². The highest BCUT2D eigenvalue weighted by Gasteiger charge is 2.24. The van der Waals surface area contributed by atoms with Crippen molar-refractivity contribution in [2.75, 3.05) is 18.9 Å². The summed E-state index contributed by atoms with van der Waals surface area (Å²) in [5.41, 5.74) is 0.898. The number of carboxylic acids is 1. The Morgan fingerprint density at radius 3 is 2.42 bits per heavy atom. The number of nitrogens with zero attached hydrogens (tertiary/aromatic N) is 1. The molecule has 33 heavy (non-hydrogen) atoms. The largest absolute Gasteiger partial charge is 0.497 e. The van der Waals surface area contributed by atoms with Gasteiger partial charge >= 0.3 is 5.97 Å². The SMILES string of the molecule is COc1ccc(S(=O)(=O)Nc2ccc(-c3cnc(CC(C)(C)CC(=O)O)s3)cc2)c(OC)c1. The second-order valence-corrected chi connectivity index (χ2v) is 11.0. The number of ether oxygens (including phenoxy) is 2. The summed E-state index contributed by atoms with van der Waals surface area (Å²) in [4.78, 5) is 16.4. The molecule has 2 N–H and O–H groups in total. The number of sulfonamides is 1. The normalized spacial score (nSPS) is 11.8. The molecule has 1 heterocycles. The number of benzene rings is 2. The predicted molar refractivity (Wildman–Crippen MR) is 128 cm³/mol. The minimum absolute atomic E-state index is 0.00551. The smallest absolute Gasteiger partial charge is 0.303 e. The number of aliphatic carboxylic acids is 1. The molecule has 0 aliphatic heterocycles. The molecule has 0 aliphatic rings. The van der Waals surface area contributed by atoms with E-state index in [1.54, 1.807) is 24.4 Å². The molecule has 0 fully saturated rings. The standard InChI is InChI=1S/C23H26N2O6S2/c1-23(2,13-22(26)27)12-21-24-14-19(32-21)15-5-7-16(8-6-15)25-33(28,29)20-10-9-17(30-3)11-18(20)31-4/h5-11,14,25H,12-13H2,1-4H3,(H,26,27). The number of carboxylic acid groups (broad SMARTS) is 1. The topological polar surface area (TPSA) is 115 Å². The van der Waals surface area contributed by atoms with Crippen LogP contribution in [0, 0.1) is 5.41 Å². The van der Waals surface area contributed by atoms with E-state index in [0.717, 1.165) is 15.4 Å². The van der Waals surface area contributed by atoms with Gasteiger partial charge in [-0.1, -0.05) is 26.0 Å². The number of hydrogen-bond acceptors (Lipinski definition) is 7. The molecule has 2 aromatic carbocycles. The molecular weight excluding hydrogens is 464 g/mol. The molecule has 10 heteroatoms. The Labute approximate surface area is 197 Å². The zero-order valence-corrected chi connectivity index (χ0v) is 20.4. The first kappa shape index (κ1) is 24.5. The number of carbonyl (C=O) groups is 1. The van der Waals surface area contributed by atoms with Crippen LogP contribution in [0.2, 0.25) is 0 Å². The molecule has 3 rings (SSSR count). The van der Waals surface area contributed by atoms with Gasteiger partial charge in [-0.3, -0.25) is 9.52 Å². The molecule has 0 amide bonds. The number of aromatic nitrogens is 1. The van der Waals surface area contributed by atoms with E-state index in [1.807, 2.05) is 26.0 Å². The molecule has 0 saturated heterocycles. The average molecular weight is 491 g/mol. The van der Waals surface area contributed by atoms with Gasteiger partial charge in [0.25, 0.3) is 10.0 Å². The van der Waals surface area contributed by atoms with E-state index in [9.17, 15) is 13.2 Å². The second kappa shape index (κ2) is 9.80. The van der Waals surface area contributed by atoms with E-state index in [-0.39, 0.29) is 17.1 Å². The average Bonchev–Trinajstić information content (AvgIpc) is 3.20. The van der Waals surface area contributed by atoms with Crippen molar-refractivity contribution < 1.29 is 27.8 Å². The second-order valence-electron chi connectivity index (χ2n) is 8.23. The van der Waals surface area contributed by atoms with Gasteiger partial charge in [-0.05, 0) is 35.2 Å². The maximum absolute atomic E-state index is 12.9. The lowest BCUT2D eigenvalue weighted by atomic mass is 9.86.